The maximum absolute atomic E-state index is 12.2. The van der Waals surface area contributed by atoms with Crippen molar-refractivity contribution in [3.05, 3.63) is 53.6 Å². The van der Waals surface area contributed by atoms with Crippen LogP contribution in [-0.4, -0.2) is 41.0 Å². The quantitative estimate of drug-likeness (QED) is 0.520. The summed E-state index contributed by atoms with van der Waals surface area (Å²) in [5.41, 5.74) is 2.15. The van der Waals surface area contributed by atoms with E-state index in [0.717, 1.165) is 11.1 Å². The van der Waals surface area contributed by atoms with Crippen molar-refractivity contribution in [1.29, 1.82) is 0 Å². The normalized spacial score (nSPS) is 10.9. The molecule has 0 aromatic heterocycles. The monoisotopic (exact) mass is 372 g/mol. The highest BCUT2D eigenvalue weighted by molar-refractivity contribution is 5.96. The van der Waals surface area contributed by atoms with E-state index in [0.29, 0.717) is 28.6 Å². The maximum Gasteiger partial charge on any atom is 0.331 e. The molecule has 0 atom stereocenters. The molecule has 2 aromatic rings. The Balaban J connectivity index is 2.64. The minimum absolute atomic E-state index is 0.288. The molecular formula is C21H24O6. The minimum atomic E-state index is -0.441. The van der Waals surface area contributed by atoms with Crippen LogP contribution in [0.3, 0.4) is 0 Å². The summed E-state index contributed by atoms with van der Waals surface area (Å²) in [4.78, 5) is 12.2. The van der Waals surface area contributed by atoms with Crippen LogP contribution in [0.1, 0.15) is 18.1 Å². The molecule has 0 aliphatic carbocycles. The average molecular weight is 372 g/mol. The molecule has 0 saturated heterocycles. The van der Waals surface area contributed by atoms with E-state index in [1.54, 1.807) is 53.6 Å². The second-order valence-electron chi connectivity index (χ2n) is 5.48. The van der Waals surface area contributed by atoms with Crippen molar-refractivity contribution in [2.24, 2.45) is 0 Å². The first-order valence-electron chi connectivity index (χ1n) is 8.40. The number of hydrogen-bond donors (Lipinski definition) is 0. The molecule has 6 heteroatoms. The zero-order valence-electron chi connectivity index (χ0n) is 16.2. The number of methoxy groups -OCH3 is 4. The van der Waals surface area contributed by atoms with Crippen LogP contribution >= 0.6 is 0 Å². The summed E-state index contributed by atoms with van der Waals surface area (Å²) < 4.78 is 26.5. The number of benzene rings is 2. The van der Waals surface area contributed by atoms with Gasteiger partial charge in [-0.3, -0.25) is 0 Å². The maximum atomic E-state index is 12.2. The molecule has 0 aliphatic heterocycles. The number of carbonyl (C=O) groups is 1. The summed E-state index contributed by atoms with van der Waals surface area (Å²) in [5, 5.41) is 0. The topological polar surface area (TPSA) is 63.2 Å². The van der Waals surface area contributed by atoms with Crippen LogP contribution in [-0.2, 0) is 9.53 Å². The van der Waals surface area contributed by atoms with Crippen molar-refractivity contribution in [3.8, 4) is 23.0 Å². The highest BCUT2D eigenvalue weighted by Gasteiger charge is 2.14. The van der Waals surface area contributed by atoms with Gasteiger partial charge in [0.2, 0.25) is 0 Å². The SMILES string of the molecule is CCOC(=O)/C=C(\c1cc(OC)cc(OC)c1)c1ccc(OC)c(OC)c1. The molecule has 0 saturated carbocycles. The van der Waals surface area contributed by atoms with Crippen LogP contribution in [0, 0.1) is 0 Å². The summed E-state index contributed by atoms with van der Waals surface area (Å²) in [6, 6.07) is 10.8. The molecule has 0 spiro atoms. The van der Waals surface area contributed by atoms with Crippen LogP contribution in [0.25, 0.3) is 5.57 Å². The van der Waals surface area contributed by atoms with E-state index in [1.807, 2.05) is 18.2 Å². The summed E-state index contributed by atoms with van der Waals surface area (Å²) in [6.07, 6.45) is 1.44. The zero-order valence-corrected chi connectivity index (χ0v) is 16.2. The lowest BCUT2D eigenvalue weighted by Gasteiger charge is -2.14. The Hall–Kier alpha value is -3.15. The van der Waals surface area contributed by atoms with Crippen LogP contribution in [0.5, 0.6) is 23.0 Å². The highest BCUT2D eigenvalue weighted by atomic mass is 16.5. The van der Waals surface area contributed by atoms with Gasteiger partial charge in [0, 0.05) is 12.1 Å². The Bertz CT molecular complexity index is 803. The first-order chi connectivity index (χ1) is 13.1. The number of hydrogen-bond acceptors (Lipinski definition) is 6. The molecule has 6 nitrogen and oxygen atoms in total. The fraction of sp³-hybridized carbons (Fsp3) is 0.286. The van der Waals surface area contributed by atoms with Crippen molar-refractivity contribution in [2.75, 3.05) is 35.0 Å². The van der Waals surface area contributed by atoms with E-state index < -0.39 is 5.97 Å². The average Bonchev–Trinajstić information content (AvgIpc) is 2.71. The molecular weight excluding hydrogens is 348 g/mol. The first kappa shape index (κ1) is 20.2. The Kier molecular flexibility index (Phi) is 7.11. The molecule has 2 aromatic carbocycles. The van der Waals surface area contributed by atoms with Gasteiger partial charge in [-0.2, -0.15) is 0 Å². The lowest BCUT2D eigenvalue weighted by Crippen LogP contribution is -2.02. The van der Waals surface area contributed by atoms with Crippen molar-refractivity contribution in [3.63, 3.8) is 0 Å². The fourth-order valence-electron chi connectivity index (χ4n) is 2.60. The van der Waals surface area contributed by atoms with E-state index in [1.165, 1.54) is 6.08 Å². The third-order valence-corrected chi connectivity index (χ3v) is 3.91. The Morgan fingerprint density at radius 2 is 1.44 bits per heavy atom. The van der Waals surface area contributed by atoms with Crippen molar-refractivity contribution >= 4 is 11.5 Å². The molecule has 0 heterocycles. The van der Waals surface area contributed by atoms with Gasteiger partial charge >= 0.3 is 5.97 Å². The highest BCUT2D eigenvalue weighted by Crippen LogP contribution is 2.35. The van der Waals surface area contributed by atoms with Crippen LogP contribution < -0.4 is 18.9 Å². The number of carbonyl (C=O) groups excluding carboxylic acids is 1. The molecule has 0 amide bonds. The van der Waals surface area contributed by atoms with Gasteiger partial charge in [-0.15, -0.1) is 0 Å². The molecule has 27 heavy (non-hydrogen) atoms. The minimum Gasteiger partial charge on any atom is -0.497 e. The molecule has 0 unspecified atom stereocenters. The van der Waals surface area contributed by atoms with Gasteiger partial charge in [0.15, 0.2) is 11.5 Å². The molecule has 0 bridgehead atoms. The molecule has 0 N–H and O–H groups in total. The fourth-order valence-corrected chi connectivity index (χ4v) is 2.60. The molecule has 0 radical (unpaired) electrons. The van der Waals surface area contributed by atoms with Gasteiger partial charge in [0.25, 0.3) is 0 Å². The van der Waals surface area contributed by atoms with E-state index >= 15 is 0 Å². The second-order valence-corrected chi connectivity index (χ2v) is 5.48. The first-order valence-corrected chi connectivity index (χ1v) is 8.40. The van der Waals surface area contributed by atoms with Crippen molar-refractivity contribution in [1.82, 2.24) is 0 Å². The summed E-state index contributed by atoms with van der Waals surface area (Å²) in [5.74, 6) is 1.93. The largest absolute Gasteiger partial charge is 0.497 e. The van der Waals surface area contributed by atoms with E-state index in [4.69, 9.17) is 23.7 Å². The molecule has 144 valence electrons. The third-order valence-electron chi connectivity index (χ3n) is 3.91. The summed E-state index contributed by atoms with van der Waals surface area (Å²) in [7, 11) is 6.28. The van der Waals surface area contributed by atoms with Crippen LogP contribution in [0.15, 0.2) is 42.5 Å². The Morgan fingerprint density at radius 1 is 0.815 bits per heavy atom. The smallest absolute Gasteiger partial charge is 0.331 e. The Labute approximate surface area is 159 Å². The van der Waals surface area contributed by atoms with Gasteiger partial charge < -0.3 is 23.7 Å². The standard InChI is InChI=1S/C21H24O6/c1-6-27-21(22)13-18(14-7-8-19(25-4)20(11-14)26-5)15-9-16(23-2)12-17(10-15)24-3/h7-13H,6H2,1-5H3/b18-13-. The van der Waals surface area contributed by atoms with E-state index in [9.17, 15) is 4.79 Å². The second kappa shape index (κ2) is 9.52. The lowest BCUT2D eigenvalue weighted by molar-refractivity contribution is -0.137. The molecule has 2 rings (SSSR count). The zero-order chi connectivity index (χ0) is 19.8. The number of esters is 1. The van der Waals surface area contributed by atoms with Gasteiger partial charge in [-0.05, 0) is 47.9 Å². The van der Waals surface area contributed by atoms with Gasteiger partial charge in [0.1, 0.15) is 11.5 Å². The van der Waals surface area contributed by atoms with Gasteiger partial charge in [-0.25, -0.2) is 4.79 Å². The number of rotatable bonds is 8. The van der Waals surface area contributed by atoms with Crippen LogP contribution in [0.4, 0.5) is 0 Å². The third kappa shape index (κ3) is 4.94. The van der Waals surface area contributed by atoms with Gasteiger partial charge in [0.05, 0.1) is 35.0 Å². The predicted molar refractivity (Wildman–Crippen MR) is 103 cm³/mol. The van der Waals surface area contributed by atoms with Crippen LogP contribution in [0.2, 0.25) is 0 Å². The molecule has 0 fully saturated rings. The van der Waals surface area contributed by atoms with Crippen molar-refractivity contribution < 1.29 is 28.5 Å². The van der Waals surface area contributed by atoms with Gasteiger partial charge in [-0.1, -0.05) is 6.07 Å². The van der Waals surface area contributed by atoms with E-state index in [-0.39, 0.29) is 6.61 Å². The summed E-state index contributed by atoms with van der Waals surface area (Å²) in [6.45, 7) is 2.05. The number of ether oxygens (including phenoxy) is 5. The Morgan fingerprint density at radius 3 is 1.96 bits per heavy atom. The predicted octanol–water partition coefficient (Wildman–Crippen LogP) is 3.72. The molecule has 0 aliphatic rings. The van der Waals surface area contributed by atoms with E-state index in [2.05, 4.69) is 0 Å². The summed E-state index contributed by atoms with van der Waals surface area (Å²) >= 11 is 0. The lowest BCUT2D eigenvalue weighted by atomic mass is 9.96. The van der Waals surface area contributed by atoms with Crippen molar-refractivity contribution in [2.45, 2.75) is 6.92 Å².